The van der Waals surface area contributed by atoms with Gasteiger partial charge in [-0.3, -0.25) is 9.88 Å². The third-order valence-corrected chi connectivity index (χ3v) is 6.64. The van der Waals surface area contributed by atoms with Gasteiger partial charge in [0, 0.05) is 36.5 Å². The van der Waals surface area contributed by atoms with E-state index in [0.717, 1.165) is 0 Å². The van der Waals surface area contributed by atoms with E-state index in [9.17, 15) is 0 Å². The molecule has 0 bridgehead atoms. The number of aryl methyl sites for hydroxylation is 2. The predicted molar refractivity (Wildman–Crippen MR) is 125 cm³/mol. The van der Waals surface area contributed by atoms with Crippen LogP contribution in [0.25, 0.3) is 0 Å². The monoisotopic (exact) mass is 408 g/mol. The molecule has 1 fully saturated rings. The third-order valence-electron chi connectivity index (χ3n) is 6.64. The summed E-state index contributed by atoms with van der Waals surface area (Å²) >= 11 is 0. The smallest absolute Gasteiger partial charge is 0.173 e. The Balaban J connectivity index is 1.15. The van der Waals surface area contributed by atoms with Gasteiger partial charge >= 0.3 is 0 Å². The second-order valence-corrected chi connectivity index (χ2v) is 9.16. The van der Waals surface area contributed by atoms with Crippen molar-refractivity contribution >= 4 is 0 Å². The normalized spacial score (nSPS) is 16.9. The Morgan fingerprint density at radius 3 is 2.33 bits per heavy atom. The molecule has 0 amide bonds. The average molecular weight is 409 g/mol. The largest absolute Gasteiger partial charge is 0.299 e. The van der Waals surface area contributed by atoms with Crippen molar-refractivity contribution in [3.05, 3.63) is 60.2 Å². The van der Waals surface area contributed by atoms with Gasteiger partial charge in [-0.15, -0.1) is 0 Å². The number of aromatic nitrogens is 2. The molecule has 0 radical (unpaired) electrons. The maximum Gasteiger partial charge on any atom is 0.173 e. The molecule has 30 heavy (non-hydrogen) atoms. The SMILES string of the molecule is CN1CCCC1c1ccc[n+](CCCCCCCCCCCCc2cccnc2)c1. The van der Waals surface area contributed by atoms with Crippen molar-refractivity contribution in [2.75, 3.05) is 13.6 Å². The molecule has 3 nitrogen and oxygen atoms in total. The Bertz CT molecular complexity index is 700. The third kappa shape index (κ3) is 8.18. The molecule has 0 aliphatic carbocycles. The zero-order chi connectivity index (χ0) is 20.9. The Labute approximate surface area is 184 Å². The van der Waals surface area contributed by atoms with Crippen molar-refractivity contribution in [1.29, 1.82) is 0 Å². The minimum absolute atomic E-state index is 0.632. The lowest BCUT2D eigenvalue weighted by Crippen LogP contribution is -2.34. The predicted octanol–water partition coefficient (Wildman–Crippen LogP) is 6.28. The molecule has 3 rings (SSSR count). The molecule has 1 aliphatic heterocycles. The highest BCUT2D eigenvalue weighted by atomic mass is 15.1. The molecule has 3 heterocycles. The number of likely N-dealkylation sites (tertiary alicyclic amines) is 1. The van der Waals surface area contributed by atoms with Gasteiger partial charge in [0.2, 0.25) is 0 Å². The Morgan fingerprint density at radius 2 is 1.67 bits per heavy atom. The molecule has 3 heteroatoms. The summed E-state index contributed by atoms with van der Waals surface area (Å²) in [5, 5.41) is 0. The molecular formula is C27H42N3+. The van der Waals surface area contributed by atoms with Gasteiger partial charge in [-0.25, -0.2) is 4.57 Å². The minimum atomic E-state index is 0.632. The van der Waals surface area contributed by atoms with Gasteiger partial charge in [0.1, 0.15) is 6.54 Å². The number of nitrogens with zero attached hydrogens (tertiary/aromatic N) is 3. The van der Waals surface area contributed by atoms with Crippen LogP contribution >= 0.6 is 0 Å². The highest BCUT2D eigenvalue weighted by Gasteiger charge is 2.24. The van der Waals surface area contributed by atoms with E-state index >= 15 is 0 Å². The lowest BCUT2D eigenvalue weighted by Gasteiger charge is -2.18. The van der Waals surface area contributed by atoms with Crippen molar-refractivity contribution in [1.82, 2.24) is 9.88 Å². The molecule has 0 N–H and O–H groups in total. The fourth-order valence-electron chi connectivity index (χ4n) is 4.79. The first-order valence-corrected chi connectivity index (χ1v) is 12.4. The summed E-state index contributed by atoms with van der Waals surface area (Å²) in [5.41, 5.74) is 2.88. The quantitative estimate of drug-likeness (QED) is 0.271. The van der Waals surface area contributed by atoms with E-state index in [4.69, 9.17) is 0 Å². The maximum absolute atomic E-state index is 4.19. The lowest BCUT2D eigenvalue weighted by atomic mass is 10.0. The van der Waals surface area contributed by atoms with Crippen LogP contribution in [0.1, 0.15) is 94.2 Å². The van der Waals surface area contributed by atoms with E-state index in [1.807, 2.05) is 18.5 Å². The summed E-state index contributed by atoms with van der Waals surface area (Å²) in [6.45, 7) is 2.41. The minimum Gasteiger partial charge on any atom is -0.299 e. The van der Waals surface area contributed by atoms with Crippen molar-refractivity contribution in [3.63, 3.8) is 0 Å². The number of rotatable bonds is 14. The van der Waals surface area contributed by atoms with E-state index in [-0.39, 0.29) is 0 Å². The molecule has 0 aromatic carbocycles. The van der Waals surface area contributed by atoms with Crippen LogP contribution in [0.3, 0.4) is 0 Å². The fourth-order valence-corrected chi connectivity index (χ4v) is 4.79. The Morgan fingerprint density at radius 1 is 0.933 bits per heavy atom. The van der Waals surface area contributed by atoms with E-state index in [1.165, 1.54) is 108 Å². The van der Waals surface area contributed by atoms with Crippen LogP contribution < -0.4 is 4.57 Å². The molecule has 1 atom stereocenters. The highest BCUT2D eigenvalue weighted by Crippen LogP contribution is 2.29. The van der Waals surface area contributed by atoms with Crippen LogP contribution in [0, 0.1) is 0 Å². The van der Waals surface area contributed by atoms with Gasteiger partial charge in [0.05, 0.1) is 0 Å². The van der Waals surface area contributed by atoms with Gasteiger partial charge in [-0.1, -0.05) is 51.0 Å². The molecule has 0 spiro atoms. The molecule has 2 aromatic heterocycles. The summed E-state index contributed by atoms with van der Waals surface area (Å²) in [7, 11) is 2.26. The average Bonchev–Trinajstić information content (AvgIpc) is 3.21. The van der Waals surface area contributed by atoms with Gasteiger partial charge in [-0.2, -0.15) is 0 Å². The van der Waals surface area contributed by atoms with Crippen LogP contribution in [0.4, 0.5) is 0 Å². The second kappa shape index (κ2) is 13.5. The van der Waals surface area contributed by atoms with Crippen LogP contribution in [0.2, 0.25) is 0 Å². The molecule has 164 valence electrons. The number of hydrogen-bond donors (Lipinski definition) is 0. The zero-order valence-electron chi connectivity index (χ0n) is 19.1. The van der Waals surface area contributed by atoms with Gasteiger partial charge < -0.3 is 0 Å². The molecule has 1 aliphatic rings. The topological polar surface area (TPSA) is 20.0 Å². The van der Waals surface area contributed by atoms with E-state index < -0.39 is 0 Å². The summed E-state index contributed by atoms with van der Waals surface area (Å²) < 4.78 is 2.41. The first-order valence-electron chi connectivity index (χ1n) is 12.4. The van der Waals surface area contributed by atoms with Crippen LogP contribution in [-0.4, -0.2) is 23.5 Å². The molecule has 2 aromatic rings. The first-order chi connectivity index (χ1) is 14.8. The highest BCUT2D eigenvalue weighted by molar-refractivity contribution is 5.12. The van der Waals surface area contributed by atoms with Crippen molar-refractivity contribution in [2.24, 2.45) is 0 Å². The van der Waals surface area contributed by atoms with E-state index in [2.05, 4.69) is 52.1 Å². The van der Waals surface area contributed by atoms with Crippen LogP contribution in [0.5, 0.6) is 0 Å². The first kappa shape index (κ1) is 22.9. The summed E-state index contributed by atoms with van der Waals surface area (Å²) in [6.07, 6.45) is 26.1. The lowest BCUT2D eigenvalue weighted by molar-refractivity contribution is -0.697. The van der Waals surface area contributed by atoms with Gasteiger partial charge in [0.25, 0.3) is 0 Å². The molecule has 1 unspecified atom stereocenters. The second-order valence-electron chi connectivity index (χ2n) is 9.16. The van der Waals surface area contributed by atoms with Crippen molar-refractivity contribution in [2.45, 2.75) is 96.1 Å². The van der Waals surface area contributed by atoms with Crippen molar-refractivity contribution in [3.8, 4) is 0 Å². The standard InChI is InChI=1S/C27H42N3/c1-29-20-14-18-27(29)26-17-13-22-30(24-26)21-11-9-7-5-3-2-4-6-8-10-15-25-16-12-19-28-23-25/h12-13,16-17,19,22-24,27H,2-11,14-15,18,20-21H2,1H3/q+1. The zero-order valence-corrected chi connectivity index (χ0v) is 19.1. The molecule has 0 saturated carbocycles. The van der Waals surface area contributed by atoms with Crippen LogP contribution in [0.15, 0.2) is 49.1 Å². The van der Waals surface area contributed by atoms with Crippen molar-refractivity contribution < 1.29 is 4.57 Å². The van der Waals surface area contributed by atoms with E-state index in [1.54, 1.807) is 0 Å². The van der Waals surface area contributed by atoms with Gasteiger partial charge in [0.15, 0.2) is 12.4 Å². The number of unbranched alkanes of at least 4 members (excludes halogenated alkanes) is 9. The molecule has 1 saturated heterocycles. The Hall–Kier alpha value is -1.74. The maximum atomic E-state index is 4.19. The summed E-state index contributed by atoms with van der Waals surface area (Å²) in [5.74, 6) is 0. The van der Waals surface area contributed by atoms with Crippen LogP contribution in [-0.2, 0) is 13.0 Å². The fraction of sp³-hybridized carbons (Fsp3) is 0.630. The van der Waals surface area contributed by atoms with Gasteiger partial charge in [-0.05, 0) is 63.4 Å². The number of pyridine rings is 2. The van der Waals surface area contributed by atoms with E-state index in [0.29, 0.717) is 6.04 Å². The number of hydrogen-bond acceptors (Lipinski definition) is 2. The summed E-state index contributed by atoms with van der Waals surface area (Å²) in [6, 6.07) is 9.41. The molecular weight excluding hydrogens is 366 g/mol. The Kier molecular flexibility index (Phi) is 10.4. The summed E-state index contributed by atoms with van der Waals surface area (Å²) in [4.78, 5) is 6.69.